The van der Waals surface area contributed by atoms with Crippen molar-refractivity contribution in [1.29, 1.82) is 0 Å². The first kappa shape index (κ1) is 19.9. The Labute approximate surface area is 184 Å². The summed E-state index contributed by atoms with van der Waals surface area (Å²) in [6, 6.07) is 12.9. The lowest BCUT2D eigenvalue weighted by atomic mass is 10.0. The predicted molar refractivity (Wildman–Crippen MR) is 117 cm³/mol. The molecule has 0 N–H and O–H groups in total. The zero-order valence-electron chi connectivity index (χ0n) is 17.1. The summed E-state index contributed by atoms with van der Waals surface area (Å²) in [5, 5.41) is 1.18. The van der Waals surface area contributed by atoms with Crippen LogP contribution in [0.4, 0.5) is 4.79 Å². The molecule has 8 heteroatoms. The van der Waals surface area contributed by atoms with Crippen LogP contribution in [0.5, 0.6) is 5.75 Å². The minimum atomic E-state index is -0.239. The summed E-state index contributed by atoms with van der Waals surface area (Å²) in [6.45, 7) is 3.29. The molecule has 2 aliphatic rings. The van der Waals surface area contributed by atoms with Crippen LogP contribution in [0.15, 0.2) is 47.3 Å². The van der Waals surface area contributed by atoms with Crippen LogP contribution in [0.2, 0.25) is 5.02 Å². The molecule has 0 bridgehead atoms. The molecule has 0 aliphatic carbocycles. The summed E-state index contributed by atoms with van der Waals surface area (Å²) >= 11 is 5.97. The van der Waals surface area contributed by atoms with Gasteiger partial charge in [0.15, 0.2) is 0 Å². The van der Waals surface area contributed by atoms with Crippen LogP contribution < -0.4 is 10.3 Å². The molecule has 2 aliphatic heterocycles. The van der Waals surface area contributed by atoms with Crippen LogP contribution >= 0.6 is 11.6 Å². The summed E-state index contributed by atoms with van der Waals surface area (Å²) in [5.41, 5.74) is 1.52. The van der Waals surface area contributed by atoms with Crippen molar-refractivity contribution in [2.75, 3.05) is 13.2 Å². The Morgan fingerprint density at radius 2 is 2.00 bits per heavy atom. The van der Waals surface area contributed by atoms with Crippen LogP contribution in [0, 0.1) is 6.92 Å². The Balaban J connectivity index is 1.40. The molecule has 1 amide bonds. The number of ether oxygens (including phenoxy) is 2. The lowest BCUT2D eigenvalue weighted by Crippen LogP contribution is -2.44. The van der Waals surface area contributed by atoms with E-state index in [2.05, 4.69) is 4.98 Å². The Morgan fingerprint density at radius 1 is 1.19 bits per heavy atom. The first-order valence-corrected chi connectivity index (χ1v) is 10.7. The molecule has 2 aromatic carbocycles. The van der Waals surface area contributed by atoms with Gasteiger partial charge in [0.05, 0.1) is 23.5 Å². The fourth-order valence-electron chi connectivity index (χ4n) is 4.31. The fourth-order valence-corrected chi connectivity index (χ4v) is 4.43. The average Bonchev–Trinajstić information content (AvgIpc) is 3.13. The van der Waals surface area contributed by atoms with Gasteiger partial charge >= 0.3 is 6.09 Å². The molecule has 160 valence electrons. The summed E-state index contributed by atoms with van der Waals surface area (Å²) in [5.74, 6) is 1.29. The summed E-state index contributed by atoms with van der Waals surface area (Å²) < 4.78 is 13.0. The number of fused-ring (bicyclic) bond motifs is 2. The van der Waals surface area contributed by atoms with Gasteiger partial charge in [-0.15, -0.1) is 0 Å². The molecule has 3 aromatic rings. The van der Waals surface area contributed by atoms with Crippen molar-refractivity contribution in [1.82, 2.24) is 14.5 Å². The molecule has 1 aromatic heterocycles. The Bertz CT molecular complexity index is 1210. The van der Waals surface area contributed by atoms with Crippen LogP contribution in [0.1, 0.15) is 24.2 Å². The third-order valence-electron chi connectivity index (χ3n) is 5.97. The number of aromatic nitrogens is 2. The fraction of sp³-hybridized carbons (Fsp3) is 0.348. The maximum Gasteiger partial charge on any atom is 0.410 e. The topological polar surface area (TPSA) is 73.7 Å². The normalized spacial score (nSPS) is 20.6. The maximum absolute atomic E-state index is 13.2. The number of carbonyl (C=O) groups is 1. The van der Waals surface area contributed by atoms with Crippen LogP contribution in [-0.2, 0) is 11.3 Å². The van der Waals surface area contributed by atoms with Crippen molar-refractivity contribution in [3.05, 3.63) is 69.2 Å². The smallest absolute Gasteiger partial charge is 0.410 e. The van der Waals surface area contributed by atoms with E-state index in [0.717, 1.165) is 18.4 Å². The molecule has 0 saturated carbocycles. The molecule has 2 fully saturated rings. The number of benzene rings is 2. The molecular weight excluding hydrogens is 418 g/mol. The number of aryl methyl sites for hydroxylation is 1. The van der Waals surface area contributed by atoms with Crippen LogP contribution in [0.3, 0.4) is 0 Å². The van der Waals surface area contributed by atoms with Gasteiger partial charge < -0.3 is 14.4 Å². The number of carbonyl (C=O) groups excluding carboxylic acids is 1. The monoisotopic (exact) mass is 439 g/mol. The summed E-state index contributed by atoms with van der Waals surface area (Å²) in [4.78, 5) is 31.3. The van der Waals surface area contributed by atoms with Crippen LogP contribution in [-0.4, -0.2) is 45.8 Å². The van der Waals surface area contributed by atoms with Crippen molar-refractivity contribution in [3.8, 4) is 5.75 Å². The Morgan fingerprint density at radius 3 is 2.81 bits per heavy atom. The van der Waals surface area contributed by atoms with E-state index in [1.54, 1.807) is 15.5 Å². The van der Waals surface area contributed by atoms with Gasteiger partial charge in [-0.05, 0) is 42.8 Å². The van der Waals surface area contributed by atoms with Gasteiger partial charge in [0.1, 0.15) is 24.3 Å². The van der Waals surface area contributed by atoms with Gasteiger partial charge in [-0.1, -0.05) is 23.7 Å². The predicted octanol–water partition coefficient (Wildman–Crippen LogP) is 3.77. The number of hydrogen-bond donors (Lipinski definition) is 0. The van der Waals surface area contributed by atoms with Crippen molar-refractivity contribution < 1.29 is 14.3 Å². The second-order valence-corrected chi connectivity index (χ2v) is 8.48. The Kier molecular flexibility index (Phi) is 5.06. The van der Waals surface area contributed by atoms with Gasteiger partial charge in [-0.25, -0.2) is 9.78 Å². The number of halogens is 1. The van der Waals surface area contributed by atoms with Crippen molar-refractivity contribution >= 4 is 28.6 Å². The second-order valence-electron chi connectivity index (χ2n) is 8.04. The third kappa shape index (κ3) is 3.85. The van der Waals surface area contributed by atoms with E-state index in [9.17, 15) is 9.59 Å². The maximum atomic E-state index is 13.2. The average molecular weight is 440 g/mol. The van der Waals surface area contributed by atoms with Gasteiger partial charge in [0.2, 0.25) is 0 Å². The van der Waals surface area contributed by atoms with Crippen molar-refractivity contribution in [2.45, 2.75) is 38.5 Å². The first-order valence-electron chi connectivity index (χ1n) is 10.3. The number of hydrogen-bond acceptors (Lipinski definition) is 5. The Hall–Kier alpha value is -3.06. The molecule has 31 heavy (non-hydrogen) atoms. The van der Waals surface area contributed by atoms with Gasteiger partial charge in [0.25, 0.3) is 5.56 Å². The highest BCUT2D eigenvalue weighted by Crippen LogP contribution is 2.28. The zero-order valence-corrected chi connectivity index (χ0v) is 17.8. The van der Waals surface area contributed by atoms with E-state index >= 15 is 0 Å². The number of cyclic esters (lactones) is 1. The third-order valence-corrected chi connectivity index (χ3v) is 6.23. The van der Waals surface area contributed by atoms with Gasteiger partial charge in [0, 0.05) is 24.4 Å². The summed E-state index contributed by atoms with van der Waals surface area (Å²) in [6.07, 6.45) is 1.19. The number of amides is 1. The molecule has 2 saturated heterocycles. The van der Waals surface area contributed by atoms with E-state index in [1.165, 1.54) is 0 Å². The zero-order chi connectivity index (χ0) is 21.5. The lowest BCUT2D eigenvalue weighted by Gasteiger charge is -2.32. The largest absolute Gasteiger partial charge is 0.490 e. The summed E-state index contributed by atoms with van der Waals surface area (Å²) in [7, 11) is 0. The molecule has 7 nitrogen and oxygen atoms in total. The quantitative estimate of drug-likeness (QED) is 0.618. The van der Waals surface area contributed by atoms with Crippen molar-refractivity contribution in [3.63, 3.8) is 0 Å². The van der Waals surface area contributed by atoms with Gasteiger partial charge in [-0.2, -0.15) is 0 Å². The SMILES string of the molecule is Cc1nc2ccc(O[C@H]3CCN4C(=O)OC[C@@H]4C3)cc2c(=O)n1Cc1ccc(Cl)cc1. The molecule has 3 heterocycles. The van der Waals surface area contributed by atoms with E-state index < -0.39 is 0 Å². The second kappa shape index (κ2) is 7.89. The first-order chi connectivity index (χ1) is 15.0. The minimum absolute atomic E-state index is 0.0251. The van der Waals surface area contributed by atoms with Crippen molar-refractivity contribution in [2.24, 2.45) is 0 Å². The molecular formula is C23H22ClN3O4. The van der Waals surface area contributed by atoms with Crippen LogP contribution in [0.25, 0.3) is 10.9 Å². The highest BCUT2D eigenvalue weighted by atomic mass is 35.5. The van der Waals surface area contributed by atoms with E-state index in [0.29, 0.717) is 47.2 Å². The standard InChI is InChI=1S/C23H22ClN3O4/c1-14-25-21-7-6-18(31-19-8-9-26-17(10-19)13-30-23(26)29)11-20(21)22(28)27(14)12-15-2-4-16(24)5-3-15/h2-7,11,17,19H,8-10,12-13H2,1H3/t17-,19-/m0/s1. The highest BCUT2D eigenvalue weighted by molar-refractivity contribution is 6.30. The molecule has 0 unspecified atom stereocenters. The molecule has 0 spiro atoms. The highest BCUT2D eigenvalue weighted by Gasteiger charge is 2.38. The number of piperidine rings is 1. The molecule has 5 rings (SSSR count). The molecule has 0 radical (unpaired) electrons. The van der Waals surface area contributed by atoms with Gasteiger partial charge in [-0.3, -0.25) is 9.36 Å². The minimum Gasteiger partial charge on any atom is -0.490 e. The van der Waals surface area contributed by atoms with E-state index in [4.69, 9.17) is 21.1 Å². The van der Waals surface area contributed by atoms with E-state index in [1.807, 2.05) is 43.3 Å². The number of rotatable bonds is 4. The molecule has 2 atom stereocenters. The number of nitrogens with zero attached hydrogens (tertiary/aromatic N) is 3. The lowest BCUT2D eigenvalue weighted by molar-refractivity contribution is 0.0937. The van der Waals surface area contributed by atoms with E-state index in [-0.39, 0.29) is 23.8 Å².